The molecule has 0 saturated carbocycles. The van der Waals surface area contributed by atoms with E-state index >= 15 is 0 Å². The lowest BCUT2D eigenvalue weighted by Crippen LogP contribution is -2.43. The van der Waals surface area contributed by atoms with Crippen LogP contribution in [0.5, 0.6) is 0 Å². The minimum absolute atomic E-state index is 0.145. The quantitative estimate of drug-likeness (QED) is 0.902. The third-order valence-corrected chi connectivity index (χ3v) is 3.62. The third kappa shape index (κ3) is 3.18. The number of nitrogens with one attached hydrogen (secondary N) is 1. The molecule has 1 aromatic carbocycles. The zero-order valence-electron chi connectivity index (χ0n) is 11.5. The molecule has 1 unspecified atom stereocenters. The predicted octanol–water partition coefficient (Wildman–Crippen LogP) is 1.60. The monoisotopic (exact) mass is 293 g/mol. The van der Waals surface area contributed by atoms with Crippen LogP contribution in [0.3, 0.4) is 0 Å². The van der Waals surface area contributed by atoms with Gasteiger partial charge >= 0.3 is 0 Å². The molecular formula is C14H17F2N5. The Morgan fingerprint density at radius 1 is 1.33 bits per heavy atom. The standard InChI is InChI=1S/C14H17F2N5/c15-11-4-3-9(6-12(11)16)7-13-18-14(20-19-13)21-5-1-2-10(17)8-21/h3-4,6,10H,1-2,5,7-8,17H2,(H,18,19,20). The molecule has 112 valence electrons. The predicted molar refractivity (Wildman–Crippen MR) is 75.0 cm³/mol. The normalized spacial score (nSPS) is 19.0. The molecule has 0 radical (unpaired) electrons. The van der Waals surface area contributed by atoms with Crippen molar-refractivity contribution in [1.82, 2.24) is 15.2 Å². The van der Waals surface area contributed by atoms with Gasteiger partial charge in [0.15, 0.2) is 11.6 Å². The van der Waals surface area contributed by atoms with Gasteiger partial charge < -0.3 is 10.6 Å². The summed E-state index contributed by atoms with van der Waals surface area (Å²) in [7, 11) is 0. The highest BCUT2D eigenvalue weighted by atomic mass is 19.2. The van der Waals surface area contributed by atoms with Crippen LogP contribution in [0.1, 0.15) is 24.2 Å². The lowest BCUT2D eigenvalue weighted by atomic mass is 10.1. The lowest BCUT2D eigenvalue weighted by molar-refractivity contribution is 0.500. The molecule has 3 rings (SSSR count). The highest BCUT2D eigenvalue weighted by molar-refractivity contribution is 5.31. The van der Waals surface area contributed by atoms with Gasteiger partial charge in [0.1, 0.15) is 5.82 Å². The molecular weight excluding hydrogens is 276 g/mol. The van der Waals surface area contributed by atoms with E-state index in [-0.39, 0.29) is 6.04 Å². The Labute approximate surface area is 121 Å². The van der Waals surface area contributed by atoms with Gasteiger partial charge in [-0.25, -0.2) is 8.78 Å². The molecule has 3 N–H and O–H groups in total. The van der Waals surface area contributed by atoms with Crippen LogP contribution in [0.25, 0.3) is 0 Å². The van der Waals surface area contributed by atoms with Crippen molar-refractivity contribution in [3.05, 3.63) is 41.2 Å². The molecule has 0 spiro atoms. The number of anilines is 1. The molecule has 0 aliphatic carbocycles. The zero-order valence-corrected chi connectivity index (χ0v) is 11.5. The van der Waals surface area contributed by atoms with Crippen molar-refractivity contribution in [2.24, 2.45) is 5.73 Å². The van der Waals surface area contributed by atoms with E-state index in [4.69, 9.17) is 5.73 Å². The molecule has 1 fully saturated rings. The Balaban J connectivity index is 1.71. The molecule has 2 heterocycles. The number of nitrogens with zero attached hydrogens (tertiary/aromatic N) is 3. The average Bonchev–Trinajstić information content (AvgIpc) is 2.91. The maximum Gasteiger partial charge on any atom is 0.244 e. The molecule has 1 aliphatic heterocycles. The summed E-state index contributed by atoms with van der Waals surface area (Å²) in [5, 5.41) is 7.02. The van der Waals surface area contributed by atoms with Crippen molar-refractivity contribution in [3.8, 4) is 0 Å². The maximum absolute atomic E-state index is 13.2. The van der Waals surface area contributed by atoms with E-state index in [1.165, 1.54) is 12.1 Å². The van der Waals surface area contributed by atoms with Crippen molar-refractivity contribution in [1.29, 1.82) is 0 Å². The number of nitrogens with two attached hydrogens (primary N) is 1. The number of aromatic amines is 1. The highest BCUT2D eigenvalue weighted by Gasteiger charge is 2.20. The first-order chi connectivity index (χ1) is 10.1. The largest absolute Gasteiger partial charge is 0.338 e. The second kappa shape index (κ2) is 5.77. The summed E-state index contributed by atoms with van der Waals surface area (Å²) < 4.78 is 26.1. The van der Waals surface area contributed by atoms with Gasteiger partial charge in [0.25, 0.3) is 0 Å². The van der Waals surface area contributed by atoms with Gasteiger partial charge in [-0.3, -0.25) is 5.10 Å². The molecule has 0 bridgehead atoms. The van der Waals surface area contributed by atoms with Crippen LogP contribution < -0.4 is 10.6 Å². The number of aromatic nitrogens is 3. The minimum Gasteiger partial charge on any atom is -0.338 e. The maximum atomic E-state index is 13.2. The first-order valence-corrected chi connectivity index (χ1v) is 6.97. The molecule has 5 nitrogen and oxygen atoms in total. The number of halogens is 2. The number of benzene rings is 1. The number of hydrogen-bond acceptors (Lipinski definition) is 4. The van der Waals surface area contributed by atoms with Crippen molar-refractivity contribution in [2.45, 2.75) is 25.3 Å². The highest BCUT2D eigenvalue weighted by Crippen LogP contribution is 2.16. The Hall–Kier alpha value is -2.02. The second-order valence-corrected chi connectivity index (χ2v) is 5.36. The molecule has 21 heavy (non-hydrogen) atoms. The van der Waals surface area contributed by atoms with Gasteiger partial charge in [0, 0.05) is 25.6 Å². The molecule has 0 amide bonds. The van der Waals surface area contributed by atoms with E-state index in [1.54, 1.807) is 0 Å². The van der Waals surface area contributed by atoms with Crippen molar-refractivity contribution in [2.75, 3.05) is 18.0 Å². The van der Waals surface area contributed by atoms with Gasteiger partial charge in [0.2, 0.25) is 5.95 Å². The Morgan fingerprint density at radius 3 is 2.95 bits per heavy atom. The smallest absolute Gasteiger partial charge is 0.244 e. The average molecular weight is 293 g/mol. The van der Waals surface area contributed by atoms with Crippen LogP contribution in [0, 0.1) is 11.6 Å². The Bertz CT molecular complexity index is 628. The summed E-state index contributed by atoms with van der Waals surface area (Å²) in [6, 6.07) is 3.98. The molecule has 1 saturated heterocycles. The van der Waals surface area contributed by atoms with Gasteiger partial charge in [-0.05, 0) is 30.5 Å². The van der Waals surface area contributed by atoms with Crippen LogP contribution in [0.15, 0.2) is 18.2 Å². The fourth-order valence-corrected chi connectivity index (χ4v) is 2.54. The summed E-state index contributed by atoms with van der Waals surface area (Å²) in [4.78, 5) is 6.44. The second-order valence-electron chi connectivity index (χ2n) is 5.36. The van der Waals surface area contributed by atoms with Gasteiger partial charge in [-0.1, -0.05) is 6.07 Å². The van der Waals surface area contributed by atoms with Crippen LogP contribution >= 0.6 is 0 Å². The van der Waals surface area contributed by atoms with Crippen molar-refractivity contribution >= 4 is 5.95 Å². The topological polar surface area (TPSA) is 70.8 Å². The molecule has 2 aromatic rings. The van der Waals surface area contributed by atoms with Gasteiger partial charge in [-0.2, -0.15) is 4.98 Å². The minimum atomic E-state index is -0.853. The third-order valence-electron chi connectivity index (χ3n) is 3.62. The fourth-order valence-electron chi connectivity index (χ4n) is 2.54. The fraction of sp³-hybridized carbons (Fsp3) is 0.429. The van der Waals surface area contributed by atoms with Crippen molar-refractivity contribution in [3.63, 3.8) is 0 Å². The van der Waals surface area contributed by atoms with Crippen LogP contribution in [-0.4, -0.2) is 34.3 Å². The molecule has 7 heteroatoms. The first-order valence-electron chi connectivity index (χ1n) is 6.97. The summed E-state index contributed by atoms with van der Waals surface area (Å²) in [5.41, 5.74) is 6.58. The Kier molecular flexibility index (Phi) is 3.83. The molecule has 1 aliphatic rings. The number of H-pyrrole nitrogens is 1. The number of hydrogen-bond donors (Lipinski definition) is 2. The SMILES string of the molecule is NC1CCCN(c2n[nH]c(Cc3ccc(F)c(F)c3)n2)C1. The summed E-state index contributed by atoms with van der Waals surface area (Å²) >= 11 is 0. The van der Waals surface area contributed by atoms with E-state index in [0.717, 1.165) is 32.0 Å². The molecule has 1 aromatic heterocycles. The van der Waals surface area contributed by atoms with E-state index < -0.39 is 11.6 Å². The van der Waals surface area contributed by atoms with Crippen molar-refractivity contribution < 1.29 is 8.78 Å². The number of rotatable bonds is 3. The Morgan fingerprint density at radius 2 is 2.19 bits per heavy atom. The lowest BCUT2D eigenvalue weighted by Gasteiger charge is -2.29. The zero-order chi connectivity index (χ0) is 14.8. The first kappa shape index (κ1) is 13.9. The van der Waals surface area contributed by atoms with E-state index in [2.05, 4.69) is 15.2 Å². The van der Waals surface area contributed by atoms with Gasteiger partial charge in [-0.15, -0.1) is 5.10 Å². The van der Waals surface area contributed by atoms with Gasteiger partial charge in [0.05, 0.1) is 0 Å². The van der Waals surface area contributed by atoms with Crippen LogP contribution in [-0.2, 0) is 6.42 Å². The van der Waals surface area contributed by atoms with Crippen LogP contribution in [0.4, 0.5) is 14.7 Å². The molecule has 1 atom stereocenters. The van der Waals surface area contributed by atoms with Crippen LogP contribution in [0.2, 0.25) is 0 Å². The summed E-state index contributed by atoms with van der Waals surface area (Å²) in [6.07, 6.45) is 2.42. The number of piperidine rings is 1. The van der Waals surface area contributed by atoms with E-state index in [9.17, 15) is 8.78 Å². The summed E-state index contributed by atoms with van der Waals surface area (Å²) in [5.74, 6) is -0.466. The van der Waals surface area contributed by atoms with E-state index in [0.29, 0.717) is 23.8 Å². The summed E-state index contributed by atoms with van der Waals surface area (Å²) in [6.45, 7) is 1.62. The van der Waals surface area contributed by atoms with E-state index in [1.807, 2.05) is 4.90 Å².